The lowest BCUT2D eigenvalue weighted by Gasteiger charge is -2.03. The van der Waals surface area contributed by atoms with Crippen LogP contribution in [0.25, 0.3) is 11.4 Å². The number of rotatable bonds is 4. The third-order valence-corrected chi connectivity index (χ3v) is 2.61. The molecular formula is C12H14Cl2N4O2. The van der Waals surface area contributed by atoms with E-state index in [9.17, 15) is 4.79 Å². The summed E-state index contributed by atoms with van der Waals surface area (Å²) in [5, 5.41) is 7.00. The van der Waals surface area contributed by atoms with Gasteiger partial charge in [0.1, 0.15) is 0 Å². The molecule has 1 aromatic carbocycles. The Labute approximate surface area is 127 Å². The maximum atomic E-state index is 11.3. The van der Waals surface area contributed by atoms with E-state index in [-0.39, 0.29) is 24.9 Å². The molecule has 0 fully saturated rings. The number of carbonyl (C=O) groups is 1. The summed E-state index contributed by atoms with van der Waals surface area (Å²) in [7, 11) is 0. The predicted molar refractivity (Wildman–Crippen MR) is 77.5 cm³/mol. The Bertz CT molecular complexity index is 586. The Hall–Kier alpha value is -1.63. The second-order valence-electron chi connectivity index (χ2n) is 4.03. The molecule has 0 saturated heterocycles. The van der Waals surface area contributed by atoms with E-state index in [0.29, 0.717) is 16.7 Å². The zero-order valence-corrected chi connectivity index (χ0v) is 12.2. The summed E-state index contributed by atoms with van der Waals surface area (Å²) in [5.74, 6) is 0.457. The van der Waals surface area contributed by atoms with E-state index in [2.05, 4.69) is 15.5 Å². The zero-order valence-electron chi connectivity index (χ0n) is 10.7. The van der Waals surface area contributed by atoms with E-state index in [1.54, 1.807) is 25.1 Å². The Morgan fingerprint density at radius 2 is 2.30 bits per heavy atom. The molecule has 8 heteroatoms. The molecule has 2 aromatic rings. The molecular weight excluding hydrogens is 303 g/mol. The van der Waals surface area contributed by atoms with Crippen LogP contribution in [0.2, 0.25) is 5.02 Å². The van der Waals surface area contributed by atoms with Crippen molar-refractivity contribution in [3.63, 3.8) is 0 Å². The number of hydrogen-bond acceptors (Lipinski definition) is 5. The molecule has 0 radical (unpaired) electrons. The number of nitrogens with one attached hydrogen (secondary N) is 1. The molecule has 3 N–H and O–H groups in total. The van der Waals surface area contributed by atoms with Crippen LogP contribution in [0.3, 0.4) is 0 Å². The average Bonchev–Trinajstić information content (AvgIpc) is 2.84. The van der Waals surface area contributed by atoms with Crippen LogP contribution in [0.5, 0.6) is 0 Å². The number of aromatic nitrogens is 2. The molecule has 2 rings (SSSR count). The zero-order chi connectivity index (χ0) is 13.8. The van der Waals surface area contributed by atoms with Gasteiger partial charge in [0.05, 0.1) is 12.6 Å². The average molecular weight is 317 g/mol. The summed E-state index contributed by atoms with van der Waals surface area (Å²) < 4.78 is 5.03. The van der Waals surface area contributed by atoms with Crippen LogP contribution >= 0.6 is 24.0 Å². The van der Waals surface area contributed by atoms with Gasteiger partial charge in [0, 0.05) is 10.6 Å². The van der Waals surface area contributed by atoms with Gasteiger partial charge in [-0.3, -0.25) is 4.79 Å². The van der Waals surface area contributed by atoms with Crippen molar-refractivity contribution in [2.45, 2.75) is 19.5 Å². The van der Waals surface area contributed by atoms with Crippen LogP contribution in [-0.4, -0.2) is 22.1 Å². The summed E-state index contributed by atoms with van der Waals surface area (Å²) >= 11 is 5.88. The van der Waals surface area contributed by atoms with Gasteiger partial charge in [0.25, 0.3) is 0 Å². The van der Waals surface area contributed by atoms with E-state index in [1.165, 1.54) is 0 Å². The van der Waals surface area contributed by atoms with E-state index in [1.807, 2.05) is 6.07 Å². The van der Waals surface area contributed by atoms with Crippen LogP contribution in [0, 0.1) is 0 Å². The standard InChI is InChI=1S/C12H13ClN4O2.ClH/c1-7(14)12(18)15-6-10-16-11(17-19-10)8-3-2-4-9(13)5-8;/h2-5,7H,6,14H2,1H3,(H,15,18);1H/t7-;/m0./s1. The number of benzene rings is 1. The molecule has 0 aliphatic heterocycles. The number of nitrogens with zero attached hydrogens (tertiary/aromatic N) is 2. The summed E-state index contributed by atoms with van der Waals surface area (Å²) in [6.07, 6.45) is 0. The highest BCUT2D eigenvalue weighted by atomic mass is 35.5. The summed E-state index contributed by atoms with van der Waals surface area (Å²) in [6, 6.07) is 6.54. The molecule has 1 atom stereocenters. The highest BCUT2D eigenvalue weighted by Crippen LogP contribution is 2.19. The number of nitrogens with two attached hydrogens (primary N) is 1. The van der Waals surface area contributed by atoms with Crippen LogP contribution in [0.15, 0.2) is 28.8 Å². The molecule has 108 valence electrons. The molecule has 0 aliphatic rings. The molecule has 0 spiro atoms. The van der Waals surface area contributed by atoms with E-state index >= 15 is 0 Å². The molecule has 1 amide bonds. The largest absolute Gasteiger partial charge is 0.346 e. The van der Waals surface area contributed by atoms with Gasteiger partial charge >= 0.3 is 0 Å². The second-order valence-corrected chi connectivity index (χ2v) is 4.46. The highest BCUT2D eigenvalue weighted by Gasteiger charge is 2.11. The Morgan fingerprint density at radius 1 is 1.55 bits per heavy atom. The van der Waals surface area contributed by atoms with E-state index < -0.39 is 6.04 Å². The SMILES string of the molecule is C[C@H](N)C(=O)NCc1nc(-c2cccc(Cl)c2)no1.Cl. The highest BCUT2D eigenvalue weighted by molar-refractivity contribution is 6.30. The maximum Gasteiger partial charge on any atom is 0.246 e. The Morgan fingerprint density at radius 3 is 2.95 bits per heavy atom. The van der Waals surface area contributed by atoms with Gasteiger partial charge in [-0.05, 0) is 19.1 Å². The second kappa shape index (κ2) is 7.23. The Kier molecular flexibility index (Phi) is 5.94. The smallest absolute Gasteiger partial charge is 0.246 e. The van der Waals surface area contributed by atoms with Gasteiger partial charge in [0.15, 0.2) is 0 Å². The van der Waals surface area contributed by atoms with Crippen molar-refractivity contribution >= 4 is 29.9 Å². The molecule has 1 heterocycles. The normalized spacial score (nSPS) is 11.6. The van der Waals surface area contributed by atoms with Crippen molar-refractivity contribution in [3.05, 3.63) is 35.2 Å². The summed E-state index contributed by atoms with van der Waals surface area (Å²) in [6.45, 7) is 1.74. The molecule has 1 aromatic heterocycles. The number of carbonyl (C=O) groups excluding carboxylic acids is 1. The van der Waals surface area contributed by atoms with Crippen LogP contribution in [0.4, 0.5) is 0 Å². The molecule has 20 heavy (non-hydrogen) atoms. The lowest BCUT2D eigenvalue weighted by molar-refractivity contribution is -0.122. The molecule has 6 nitrogen and oxygen atoms in total. The van der Waals surface area contributed by atoms with E-state index in [4.69, 9.17) is 21.9 Å². The van der Waals surface area contributed by atoms with Crippen LogP contribution in [0.1, 0.15) is 12.8 Å². The van der Waals surface area contributed by atoms with Crippen molar-refractivity contribution in [1.82, 2.24) is 15.5 Å². The minimum Gasteiger partial charge on any atom is -0.346 e. The summed E-state index contributed by atoms with van der Waals surface area (Å²) in [4.78, 5) is 15.5. The van der Waals surface area contributed by atoms with E-state index in [0.717, 1.165) is 5.56 Å². The maximum absolute atomic E-state index is 11.3. The van der Waals surface area contributed by atoms with Crippen molar-refractivity contribution in [2.75, 3.05) is 0 Å². The predicted octanol–water partition coefficient (Wildman–Crippen LogP) is 1.78. The van der Waals surface area contributed by atoms with Crippen molar-refractivity contribution in [1.29, 1.82) is 0 Å². The van der Waals surface area contributed by atoms with Crippen molar-refractivity contribution in [3.8, 4) is 11.4 Å². The number of halogens is 2. The first-order valence-electron chi connectivity index (χ1n) is 5.68. The molecule has 0 saturated carbocycles. The van der Waals surface area contributed by atoms with Crippen LogP contribution in [-0.2, 0) is 11.3 Å². The molecule has 0 aliphatic carbocycles. The van der Waals surface area contributed by atoms with Crippen molar-refractivity contribution in [2.24, 2.45) is 5.73 Å². The monoisotopic (exact) mass is 316 g/mol. The fraction of sp³-hybridized carbons (Fsp3) is 0.250. The lowest BCUT2D eigenvalue weighted by atomic mass is 10.2. The summed E-state index contributed by atoms with van der Waals surface area (Å²) in [5.41, 5.74) is 6.17. The fourth-order valence-corrected chi connectivity index (χ4v) is 1.59. The van der Waals surface area contributed by atoms with Gasteiger partial charge in [-0.1, -0.05) is 28.9 Å². The first kappa shape index (κ1) is 16.4. The quantitative estimate of drug-likeness (QED) is 0.896. The van der Waals surface area contributed by atoms with Crippen molar-refractivity contribution < 1.29 is 9.32 Å². The Balaban J connectivity index is 0.00000200. The topological polar surface area (TPSA) is 94.0 Å². The number of amides is 1. The van der Waals surface area contributed by atoms with Crippen LogP contribution < -0.4 is 11.1 Å². The van der Waals surface area contributed by atoms with Gasteiger partial charge in [-0.2, -0.15) is 4.98 Å². The van der Waals surface area contributed by atoms with Gasteiger partial charge in [-0.25, -0.2) is 0 Å². The number of hydrogen-bond donors (Lipinski definition) is 2. The fourth-order valence-electron chi connectivity index (χ4n) is 1.40. The van der Waals surface area contributed by atoms with Gasteiger partial charge < -0.3 is 15.6 Å². The van der Waals surface area contributed by atoms with Gasteiger partial charge in [0.2, 0.25) is 17.6 Å². The third kappa shape index (κ3) is 4.19. The first-order chi connectivity index (χ1) is 9.06. The molecule has 0 unspecified atom stereocenters. The lowest BCUT2D eigenvalue weighted by Crippen LogP contribution is -2.37. The minimum atomic E-state index is -0.574. The minimum absolute atomic E-state index is 0. The third-order valence-electron chi connectivity index (χ3n) is 2.38. The first-order valence-corrected chi connectivity index (χ1v) is 6.06. The molecule has 0 bridgehead atoms. The van der Waals surface area contributed by atoms with Gasteiger partial charge in [-0.15, -0.1) is 12.4 Å².